The highest BCUT2D eigenvalue weighted by atomic mass is 16.6. The first kappa shape index (κ1) is 17.0. The molecule has 1 amide bonds. The van der Waals surface area contributed by atoms with Gasteiger partial charge in [0, 0.05) is 12.2 Å². The number of hydrogen-bond acceptors (Lipinski definition) is 6. The Morgan fingerprint density at radius 1 is 1.14 bits per heavy atom. The van der Waals surface area contributed by atoms with Gasteiger partial charge in [-0.2, -0.15) is 0 Å². The summed E-state index contributed by atoms with van der Waals surface area (Å²) in [6, 6.07) is 7.80. The summed E-state index contributed by atoms with van der Waals surface area (Å²) in [4.78, 5) is 19.8. The minimum Gasteiger partial charge on any atom is -0.486 e. The average molecular weight is 379 g/mol. The fourth-order valence-corrected chi connectivity index (χ4v) is 4.16. The maximum Gasteiger partial charge on any atom is 0.258 e. The average Bonchev–Trinajstić information content (AvgIpc) is 3.34. The number of amides is 1. The Hall–Kier alpha value is -3.09. The van der Waals surface area contributed by atoms with Crippen LogP contribution in [0.25, 0.3) is 11.1 Å². The van der Waals surface area contributed by atoms with Gasteiger partial charge in [0.2, 0.25) is 0 Å². The van der Waals surface area contributed by atoms with Gasteiger partial charge >= 0.3 is 0 Å². The van der Waals surface area contributed by atoms with Crippen molar-refractivity contribution in [1.82, 2.24) is 15.0 Å². The van der Waals surface area contributed by atoms with E-state index >= 15 is 0 Å². The van der Waals surface area contributed by atoms with E-state index in [-0.39, 0.29) is 11.9 Å². The second-order valence-electron chi connectivity index (χ2n) is 7.32. The molecule has 1 unspecified atom stereocenters. The number of fused-ring (bicyclic) bond motifs is 2. The van der Waals surface area contributed by atoms with Crippen LogP contribution in [0, 0.1) is 13.8 Å². The summed E-state index contributed by atoms with van der Waals surface area (Å²) in [5.74, 6) is 1.50. The number of aryl methyl sites for hydroxylation is 2. The summed E-state index contributed by atoms with van der Waals surface area (Å²) in [5, 5.41) is 4.69. The molecule has 7 heteroatoms. The molecule has 2 aliphatic heterocycles. The molecule has 28 heavy (non-hydrogen) atoms. The zero-order valence-corrected chi connectivity index (χ0v) is 15.9. The van der Waals surface area contributed by atoms with Crippen molar-refractivity contribution in [3.8, 4) is 11.5 Å². The molecule has 0 aliphatic carbocycles. The van der Waals surface area contributed by atoms with Crippen LogP contribution in [-0.2, 0) is 0 Å². The van der Waals surface area contributed by atoms with Crippen LogP contribution in [0.2, 0.25) is 0 Å². The summed E-state index contributed by atoms with van der Waals surface area (Å²) < 4.78 is 16.6. The Balaban J connectivity index is 1.52. The quantitative estimate of drug-likeness (QED) is 0.677. The summed E-state index contributed by atoms with van der Waals surface area (Å²) in [6.45, 7) is 5.52. The van der Waals surface area contributed by atoms with Gasteiger partial charge in [0.05, 0.1) is 22.7 Å². The maximum atomic E-state index is 13.5. The molecule has 0 bridgehead atoms. The van der Waals surface area contributed by atoms with Gasteiger partial charge < -0.3 is 18.9 Å². The molecule has 0 spiro atoms. The molecular formula is C21H21N3O4. The number of pyridine rings is 1. The number of aromatic nitrogens is 2. The van der Waals surface area contributed by atoms with E-state index in [1.807, 2.05) is 43.0 Å². The number of likely N-dealkylation sites (tertiary alicyclic amines) is 1. The molecule has 2 aliphatic rings. The Morgan fingerprint density at radius 3 is 2.82 bits per heavy atom. The summed E-state index contributed by atoms with van der Waals surface area (Å²) >= 11 is 0. The third-order valence-corrected chi connectivity index (χ3v) is 5.44. The second kappa shape index (κ2) is 6.51. The number of benzene rings is 1. The Kier molecular flexibility index (Phi) is 3.96. The standard InChI is InChI=1S/C21H21N3O4/c1-12-10-15(19-13(2)23-28-20(19)22-12)21(25)24-7-3-4-16(24)14-5-6-17-18(11-14)27-9-8-26-17/h5-6,10-11,16H,3-4,7-9H2,1-2H3. The van der Waals surface area contributed by atoms with Crippen LogP contribution in [0.3, 0.4) is 0 Å². The van der Waals surface area contributed by atoms with Crippen LogP contribution in [0.15, 0.2) is 28.8 Å². The highest BCUT2D eigenvalue weighted by Gasteiger charge is 2.33. The van der Waals surface area contributed by atoms with Gasteiger partial charge in [0.15, 0.2) is 11.5 Å². The lowest BCUT2D eigenvalue weighted by atomic mass is 10.0. The summed E-state index contributed by atoms with van der Waals surface area (Å²) in [5.41, 5.74) is 3.50. The first-order valence-corrected chi connectivity index (χ1v) is 9.56. The van der Waals surface area contributed by atoms with Crippen LogP contribution in [0.5, 0.6) is 11.5 Å². The second-order valence-corrected chi connectivity index (χ2v) is 7.32. The van der Waals surface area contributed by atoms with Gasteiger partial charge in [-0.3, -0.25) is 4.79 Å². The van der Waals surface area contributed by atoms with E-state index < -0.39 is 0 Å². The van der Waals surface area contributed by atoms with Gasteiger partial charge in [-0.15, -0.1) is 0 Å². The molecule has 1 fully saturated rings. The highest BCUT2D eigenvalue weighted by Crippen LogP contribution is 2.39. The Bertz CT molecular complexity index is 1070. The summed E-state index contributed by atoms with van der Waals surface area (Å²) in [6.07, 6.45) is 1.88. The molecule has 1 saturated heterocycles. The van der Waals surface area contributed by atoms with Crippen LogP contribution in [0.4, 0.5) is 0 Å². The minimum atomic E-state index is -0.0146. The SMILES string of the molecule is Cc1cc(C(=O)N2CCCC2c2ccc3c(c2)OCCO3)c2c(C)noc2n1. The zero-order valence-electron chi connectivity index (χ0n) is 15.9. The van der Waals surface area contributed by atoms with Crippen molar-refractivity contribution in [1.29, 1.82) is 0 Å². The molecule has 2 aromatic heterocycles. The summed E-state index contributed by atoms with van der Waals surface area (Å²) in [7, 11) is 0. The van der Waals surface area contributed by atoms with E-state index in [2.05, 4.69) is 10.1 Å². The van der Waals surface area contributed by atoms with Crippen LogP contribution < -0.4 is 9.47 Å². The molecule has 1 atom stereocenters. The van der Waals surface area contributed by atoms with Crippen molar-refractivity contribution in [3.05, 3.63) is 46.8 Å². The van der Waals surface area contributed by atoms with E-state index in [4.69, 9.17) is 14.0 Å². The third kappa shape index (κ3) is 2.69. The highest BCUT2D eigenvalue weighted by molar-refractivity contribution is 6.06. The Morgan fingerprint density at radius 2 is 1.96 bits per heavy atom. The maximum absolute atomic E-state index is 13.5. The molecule has 7 nitrogen and oxygen atoms in total. The van der Waals surface area contributed by atoms with Gasteiger partial charge in [0.1, 0.15) is 13.2 Å². The number of ether oxygens (including phenoxy) is 2. The molecule has 0 radical (unpaired) electrons. The van der Waals surface area contributed by atoms with Crippen molar-refractivity contribution in [3.63, 3.8) is 0 Å². The number of carbonyl (C=O) groups is 1. The van der Waals surface area contributed by atoms with Crippen LogP contribution in [0.1, 0.15) is 46.2 Å². The van der Waals surface area contributed by atoms with Crippen molar-refractivity contribution in [2.75, 3.05) is 19.8 Å². The fourth-order valence-electron chi connectivity index (χ4n) is 4.16. The van der Waals surface area contributed by atoms with E-state index in [0.29, 0.717) is 42.1 Å². The molecular weight excluding hydrogens is 358 g/mol. The predicted molar refractivity (Wildman–Crippen MR) is 102 cm³/mol. The zero-order chi connectivity index (χ0) is 19.3. The lowest BCUT2D eigenvalue weighted by Gasteiger charge is -2.27. The Labute approximate surface area is 162 Å². The van der Waals surface area contributed by atoms with Crippen molar-refractivity contribution in [2.24, 2.45) is 0 Å². The van der Waals surface area contributed by atoms with Gasteiger partial charge in [-0.05, 0) is 50.5 Å². The molecule has 1 aromatic carbocycles. The smallest absolute Gasteiger partial charge is 0.258 e. The monoisotopic (exact) mass is 379 g/mol. The molecule has 0 N–H and O–H groups in total. The van der Waals surface area contributed by atoms with Crippen LogP contribution >= 0.6 is 0 Å². The van der Waals surface area contributed by atoms with Gasteiger partial charge in [-0.1, -0.05) is 11.2 Å². The van der Waals surface area contributed by atoms with Crippen molar-refractivity contribution >= 4 is 17.0 Å². The first-order valence-electron chi connectivity index (χ1n) is 9.56. The van der Waals surface area contributed by atoms with Crippen molar-refractivity contribution in [2.45, 2.75) is 32.7 Å². The molecule has 5 rings (SSSR count). The molecule has 144 valence electrons. The number of rotatable bonds is 2. The third-order valence-electron chi connectivity index (χ3n) is 5.44. The fraction of sp³-hybridized carbons (Fsp3) is 0.381. The lowest BCUT2D eigenvalue weighted by molar-refractivity contribution is 0.0737. The van der Waals surface area contributed by atoms with Crippen LogP contribution in [-0.4, -0.2) is 40.7 Å². The van der Waals surface area contributed by atoms with E-state index in [0.717, 1.165) is 35.6 Å². The van der Waals surface area contributed by atoms with E-state index in [1.54, 1.807) is 0 Å². The topological polar surface area (TPSA) is 77.7 Å². The van der Waals surface area contributed by atoms with E-state index in [9.17, 15) is 4.79 Å². The van der Waals surface area contributed by atoms with Gasteiger partial charge in [0.25, 0.3) is 11.6 Å². The molecule has 0 saturated carbocycles. The minimum absolute atomic E-state index is 0.00649. The predicted octanol–water partition coefficient (Wildman–Crippen LogP) is 3.59. The number of carbonyl (C=O) groups excluding carboxylic acids is 1. The number of hydrogen-bond donors (Lipinski definition) is 0. The normalized spacial score (nSPS) is 18.6. The van der Waals surface area contributed by atoms with Gasteiger partial charge in [-0.25, -0.2) is 4.98 Å². The van der Waals surface area contributed by atoms with E-state index in [1.165, 1.54) is 0 Å². The largest absolute Gasteiger partial charge is 0.486 e. The molecule has 4 heterocycles. The van der Waals surface area contributed by atoms with Crippen molar-refractivity contribution < 1.29 is 18.8 Å². The molecule has 3 aromatic rings. The lowest BCUT2D eigenvalue weighted by Crippen LogP contribution is -2.31. The first-order chi connectivity index (χ1) is 13.6. The number of nitrogens with zero attached hydrogens (tertiary/aromatic N) is 3.